The number of hydrogen-bond acceptors (Lipinski definition) is 3. The van der Waals surface area contributed by atoms with Gasteiger partial charge in [0.2, 0.25) is 5.91 Å². The fraction of sp³-hybridized carbons (Fsp3) is 0.400. The fourth-order valence-electron chi connectivity index (χ4n) is 4.41. The van der Waals surface area contributed by atoms with E-state index in [0.29, 0.717) is 13.0 Å². The summed E-state index contributed by atoms with van der Waals surface area (Å²) in [5.74, 6) is 0.0868. The van der Waals surface area contributed by atoms with Gasteiger partial charge in [0.05, 0.1) is 12.2 Å². The second-order valence-corrected chi connectivity index (χ2v) is 8.36. The van der Waals surface area contributed by atoms with Gasteiger partial charge in [0.1, 0.15) is 0 Å². The van der Waals surface area contributed by atoms with Gasteiger partial charge in [-0.1, -0.05) is 42.5 Å². The van der Waals surface area contributed by atoms with E-state index in [9.17, 15) is 4.79 Å². The molecule has 1 aliphatic rings. The number of morpholine rings is 1. The van der Waals surface area contributed by atoms with Crippen molar-refractivity contribution >= 4 is 16.8 Å². The molecule has 5 nitrogen and oxygen atoms in total. The summed E-state index contributed by atoms with van der Waals surface area (Å²) in [7, 11) is 0. The molecular weight excluding hydrogens is 374 g/mol. The van der Waals surface area contributed by atoms with Crippen LogP contribution in [0.1, 0.15) is 37.0 Å². The first-order valence-electron chi connectivity index (χ1n) is 10.8. The minimum absolute atomic E-state index is 0.0868. The third-order valence-corrected chi connectivity index (χ3v) is 5.78. The van der Waals surface area contributed by atoms with Crippen LogP contribution in [0.4, 0.5) is 0 Å². The van der Waals surface area contributed by atoms with Crippen molar-refractivity contribution in [3.63, 3.8) is 0 Å². The summed E-state index contributed by atoms with van der Waals surface area (Å²) in [4.78, 5) is 18.2. The highest BCUT2D eigenvalue weighted by atomic mass is 16.5. The molecule has 0 aliphatic carbocycles. The zero-order valence-electron chi connectivity index (χ0n) is 17.9. The predicted molar refractivity (Wildman–Crippen MR) is 120 cm³/mol. The summed E-state index contributed by atoms with van der Waals surface area (Å²) in [6, 6.07) is 16.6. The van der Waals surface area contributed by atoms with Gasteiger partial charge in [-0.3, -0.25) is 9.69 Å². The summed E-state index contributed by atoms with van der Waals surface area (Å²) in [6.45, 7) is 7.59. The van der Waals surface area contributed by atoms with E-state index < -0.39 is 0 Å². The highest BCUT2D eigenvalue weighted by molar-refractivity contribution is 5.84. The van der Waals surface area contributed by atoms with Gasteiger partial charge < -0.3 is 15.0 Å². The van der Waals surface area contributed by atoms with Gasteiger partial charge in [-0.25, -0.2) is 0 Å². The molecule has 4 rings (SSSR count). The Hall–Kier alpha value is -2.63. The first kappa shape index (κ1) is 20.6. The molecule has 0 saturated carbocycles. The van der Waals surface area contributed by atoms with Crippen molar-refractivity contribution in [2.75, 3.05) is 13.1 Å². The minimum Gasteiger partial charge on any atom is -0.373 e. The van der Waals surface area contributed by atoms with E-state index in [4.69, 9.17) is 4.74 Å². The Morgan fingerprint density at radius 1 is 1.03 bits per heavy atom. The van der Waals surface area contributed by atoms with Crippen LogP contribution in [0.5, 0.6) is 0 Å². The van der Waals surface area contributed by atoms with Crippen molar-refractivity contribution in [3.05, 3.63) is 71.4 Å². The van der Waals surface area contributed by atoms with E-state index in [-0.39, 0.29) is 18.1 Å². The lowest BCUT2D eigenvalue weighted by atomic mass is 10.1. The second-order valence-electron chi connectivity index (χ2n) is 8.36. The third kappa shape index (κ3) is 5.10. The number of carbonyl (C=O) groups is 1. The number of benzene rings is 2. The number of aryl methyl sites for hydroxylation is 1. The predicted octanol–water partition coefficient (Wildman–Crippen LogP) is 4.03. The van der Waals surface area contributed by atoms with E-state index in [0.717, 1.165) is 31.6 Å². The van der Waals surface area contributed by atoms with Crippen molar-refractivity contribution in [1.29, 1.82) is 0 Å². The molecule has 1 aromatic heterocycles. The highest BCUT2D eigenvalue weighted by Gasteiger charge is 2.22. The molecular formula is C25H31N3O2. The van der Waals surface area contributed by atoms with E-state index in [1.807, 2.05) is 24.4 Å². The second kappa shape index (κ2) is 9.45. The van der Waals surface area contributed by atoms with Gasteiger partial charge in [-0.2, -0.15) is 0 Å². The maximum atomic E-state index is 12.5. The molecule has 158 valence electrons. The maximum Gasteiger partial charge on any atom is 0.220 e. The van der Waals surface area contributed by atoms with Crippen LogP contribution in [0, 0.1) is 0 Å². The Bertz CT molecular complexity index is 987. The summed E-state index contributed by atoms with van der Waals surface area (Å²) < 4.78 is 5.85. The first-order chi connectivity index (χ1) is 14.6. The van der Waals surface area contributed by atoms with Gasteiger partial charge >= 0.3 is 0 Å². The van der Waals surface area contributed by atoms with Crippen LogP contribution in [0.25, 0.3) is 10.9 Å². The first-order valence-corrected chi connectivity index (χ1v) is 10.8. The zero-order valence-corrected chi connectivity index (χ0v) is 17.9. The van der Waals surface area contributed by atoms with Gasteiger partial charge in [0.25, 0.3) is 0 Å². The molecule has 0 unspecified atom stereocenters. The summed E-state index contributed by atoms with van der Waals surface area (Å²) in [6.07, 6.45) is 3.75. The molecule has 1 aliphatic heterocycles. The quantitative estimate of drug-likeness (QED) is 0.624. The molecule has 3 aromatic rings. The number of carbonyl (C=O) groups excluding carboxylic acids is 1. The minimum atomic E-state index is 0.0868. The molecule has 1 amide bonds. The largest absolute Gasteiger partial charge is 0.373 e. The van der Waals surface area contributed by atoms with Crippen LogP contribution < -0.4 is 5.32 Å². The number of H-pyrrole nitrogens is 1. The summed E-state index contributed by atoms with van der Waals surface area (Å²) in [5, 5.41) is 4.31. The molecule has 2 atom stereocenters. The average molecular weight is 406 g/mol. The molecule has 0 radical (unpaired) electrons. The monoisotopic (exact) mass is 405 g/mol. The van der Waals surface area contributed by atoms with Crippen LogP contribution in [0.3, 0.4) is 0 Å². The highest BCUT2D eigenvalue weighted by Crippen LogP contribution is 2.19. The molecule has 2 aromatic carbocycles. The number of nitrogens with zero attached hydrogens (tertiary/aromatic N) is 1. The van der Waals surface area contributed by atoms with Gasteiger partial charge in [-0.15, -0.1) is 0 Å². The van der Waals surface area contributed by atoms with Gasteiger partial charge in [0.15, 0.2) is 0 Å². The van der Waals surface area contributed by atoms with E-state index in [1.165, 1.54) is 22.1 Å². The number of aromatic amines is 1. The maximum absolute atomic E-state index is 12.5. The molecule has 1 fully saturated rings. The molecule has 1 saturated heterocycles. The molecule has 2 heterocycles. The number of nitrogens with one attached hydrogen (secondary N) is 2. The Kier molecular flexibility index (Phi) is 6.50. The smallest absolute Gasteiger partial charge is 0.220 e. The van der Waals surface area contributed by atoms with Crippen LogP contribution in [0.15, 0.2) is 54.7 Å². The standard InChI is InChI=1S/C25H31N3O2/c1-18-15-28(16-19(2)30-18)17-22-8-4-3-7-20(22)13-27-25(29)12-11-21-14-26-24-10-6-5-9-23(21)24/h3-10,14,18-19,26H,11-13,15-17H2,1-2H3,(H,27,29)/t18-,19+. The number of aromatic nitrogens is 1. The number of rotatable bonds is 7. The Morgan fingerprint density at radius 3 is 2.53 bits per heavy atom. The number of fused-ring (bicyclic) bond motifs is 1. The molecule has 0 bridgehead atoms. The number of amides is 1. The van der Waals surface area contributed by atoms with Crippen molar-refractivity contribution < 1.29 is 9.53 Å². The fourth-order valence-corrected chi connectivity index (χ4v) is 4.41. The van der Waals surface area contributed by atoms with Crippen molar-refractivity contribution in [2.45, 2.75) is 52.0 Å². The zero-order chi connectivity index (χ0) is 20.9. The Labute approximate surface area is 178 Å². The lowest BCUT2D eigenvalue weighted by Crippen LogP contribution is -2.45. The van der Waals surface area contributed by atoms with E-state index in [2.05, 4.69) is 59.4 Å². The lowest BCUT2D eigenvalue weighted by molar-refractivity contribution is -0.121. The number of para-hydroxylation sites is 1. The summed E-state index contributed by atoms with van der Waals surface area (Å²) in [5.41, 5.74) is 4.77. The van der Waals surface area contributed by atoms with E-state index in [1.54, 1.807) is 0 Å². The average Bonchev–Trinajstić information content (AvgIpc) is 3.14. The van der Waals surface area contributed by atoms with Gasteiger partial charge in [-0.05, 0) is 43.0 Å². The molecule has 30 heavy (non-hydrogen) atoms. The number of hydrogen-bond donors (Lipinski definition) is 2. The Balaban J connectivity index is 1.32. The van der Waals surface area contributed by atoms with Crippen molar-refractivity contribution in [2.24, 2.45) is 0 Å². The van der Waals surface area contributed by atoms with Gasteiger partial charge in [0, 0.05) is 49.7 Å². The topological polar surface area (TPSA) is 57.4 Å². The van der Waals surface area contributed by atoms with Crippen LogP contribution in [0.2, 0.25) is 0 Å². The van der Waals surface area contributed by atoms with E-state index >= 15 is 0 Å². The molecule has 5 heteroatoms. The number of ether oxygens (including phenoxy) is 1. The third-order valence-electron chi connectivity index (χ3n) is 5.78. The van der Waals surface area contributed by atoms with Crippen LogP contribution in [-0.2, 0) is 29.0 Å². The summed E-state index contributed by atoms with van der Waals surface area (Å²) >= 11 is 0. The Morgan fingerprint density at radius 2 is 1.73 bits per heavy atom. The SMILES string of the molecule is C[C@@H]1CN(Cc2ccccc2CNC(=O)CCc2c[nH]c3ccccc23)C[C@H](C)O1. The van der Waals surface area contributed by atoms with Crippen LogP contribution >= 0.6 is 0 Å². The van der Waals surface area contributed by atoms with Crippen LogP contribution in [-0.4, -0.2) is 41.1 Å². The molecule has 0 spiro atoms. The van der Waals surface area contributed by atoms with Crippen molar-refractivity contribution in [3.8, 4) is 0 Å². The van der Waals surface area contributed by atoms with Crippen molar-refractivity contribution in [1.82, 2.24) is 15.2 Å². The normalized spacial score (nSPS) is 19.8. The lowest BCUT2D eigenvalue weighted by Gasteiger charge is -2.35. The molecule has 2 N–H and O–H groups in total.